The van der Waals surface area contributed by atoms with E-state index in [1.807, 2.05) is 0 Å². The maximum atomic E-state index is 3.67. The number of nitrogens with one attached hydrogen (secondary N) is 6. The summed E-state index contributed by atoms with van der Waals surface area (Å²) in [4.78, 5) is 38.5. The molecule has 0 spiro atoms. The van der Waals surface area contributed by atoms with Gasteiger partial charge in [-0.25, -0.2) is 29.9 Å². The zero-order chi connectivity index (χ0) is 21.2. The van der Waals surface area contributed by atoms with E-state index in [0.29, 0.717) is 0 Å². The van der Waals surface area contributed by atoms with Crippen LogP contribution in [0.15, 0.2) is 112 Å². The van der Waals surface area contributed by atoms with Gasteiger partial charge in [-0.1, -0.05) is 0 Å². The molecule has 6 heterocycles. The van der Waals surface area contributed by atoms with Crippen LogP contribution in [0.2, 0.25) is 0 Å². The van der Waals surface area contributed by atoms with Crippen molar-refractivity contribution in [2.45, 2.75) is 0 Å². The second-order valence-electron chi connectivity index (χ2n) is 4.56. The van der Waals surface area contributed by atoms with Gasteiger partial charge in [0.2, 0.25) is 0 Å². The van der Waals surface area contributed by atoms with Crippen LogP contribution in [0.3, 0.4) is 0 Å². The Bertz CT molecular complexity index is 610. The fourth-order valence-electron chi connectivity index (χ4n) is 1.29. The van der Waals surface area contributed by atoms with Crippen molar-refractivity contribution < 1.29 is 53.3 Å². The molecule has 0 amide bonds. The summed E-state index contributed by atoms with van der Waals surface area (Å²) in [5.74, 6) is 0. The van der Waals surface area contributed by atoms with Crippen LogP contribution in [0.25, 0.3) is 0 Å². The zero-order valence-electron chi connectivity index (χ0n) is 19.6. The standard InChI is InChI=1S/6C3H4N2.2FH.Ni.5H2O/c6*1-2-5-3-4-1;;;;;;;;/h6*1-3H,(H,4,5);2*1H;;5*1H2/q;;;;;;;;+2;;;;;/p-2. The van der Waals surface area contributed by atoms with Crippen LogP contribution in [0.5, 0.6) is 0 Å². The van der Waals surface area contributed by atoms with Gasteiger partial charge in [-0.3, -0.25) is 0 Å². The summed E-state index contributed by atoms with van der Waals surface area (Å²) >= 11 is 0. The van der Waals surface area contributed by atoms with Gasteiger partial charge in [0.15, 0.2) is 0 Å². The quantitative estimate of drug-likeness (QED) is 0.0926. The number of aromatic amines is 6. The van der Waals surface area contributed by atoms with E-state index in [1.165, 1.54) is 0 Å². The Kier molecular flexibility index (Phi) is 70.8. The number of aromatic nitrogens is 12. The third kappa shape index (κ3) is 45.0. The van der Waals surface area contributed by atoms with Gasteiger partial charge in [-0.15, -0.1) is 0 Å². The van der Waals surface area contributed by atoms with Crippen LogP contribution in [-0.4, -0.2) is 87.2 Å². The van der Waals surface area contributed by atoms with Crippen LogP contribution in [-0.2, 0) is 16.5 Å². The van der Waals surface area contributed by atoms with Crippen molar-refractivity contribution in [1.82, 2.24) is 59.8 Å². The van der Waals surface area contributed by atoms with Crippen molar-refractivity contribution in [3.8, 4) is 0 Å². The molecule has 20 heteroatoms. The van der Waals surface area contributed by atoms with Crippen LogP contribution >= 0.6 is 0 Å². The molecule has 0 radical (unpaired) electrons. The third-order valence-electron chi connectivity index (χ3n) is 2.44. The molecule has 220 valence electrons. The molecule has 0 bridgehead atoms. The molecule has 0 aromatic carbocycles. The zero-order valence-corrected chi connectivity index (χ0v) is 20.6. The number of hydrogen-bond acceptors (Lipinski definition) is 6. The molecule has 0 saturated carbocycles. The molecular weight excluding hydrogens is 561 g/mol. The van der Waals surface area contributed by atoms with Gasteiger partial charge in [-0.2, -0.15) is 0 Å². The van der Waals surface area contributed by atoms with E-state index in [0.717, 1.165) is 0 Å². The first-order valence-corrected chi connectivity index (χ1v) is 8.56. The van der Waals surface area contributed by atoms with E-state index in [4.69, 9.17) is 0 Å². The van der Waals surface area contributed by atoms with Gasteiger partial charge < -0.3 is 66.7 Å². The van der Waals surface area contributed by atoms with Gasteiger partial charge >= 0.3 is 16.5 Å². The largest absolute Gasteiger partial charge is 2.00 e. The van der Waals surface area contributed by atoms with E-state index in [1.54, 1.807) is 112 Å². The number of H-pyrrole nitrogens is 6. The number of imidazole rings is 6. The molecule has 0 aliphatic heterocycles. The minimum absolute atomic E-state index is 0. The molecule has 38 heavy (non-hydrogen) atoms. The number of rotatable bonds is 0. The Balaban J connectivity index is -0.0000000455. The van der Waals surface area contributed by atoms with Crippen LogP contribution in [0.4, 0.5) is 0 Å². The molecule has 0 saturated heterocycles. The van der Waals surface area contributed by atoms with E-state index in [2.05, 4.69) is 59.8 Å². The Morgan fingerprint density at radius 1 is 0.289 bits per heavy atom. The summed E-state index contributed by atoms with van der Waals surface area (Å²) < 4.78 is 0. The molecule has 6 aromatic heterocycles. The molecule has 6 aromatic rings. The molecule has 6 rings (SSSR count). The Morgan fingerprint density at radius 2 is 0.421 bits per heavy atom. The van der Waals surface area contributed by atoms with Crippen LogP contribution < -0.4 is 9.41 Å². The van der Waals surface area contributed by atoms with Crippen molar-refractivity contribution >= 4 is 0 Å². The first kappa shape index (κ1) is 54.4. The predicted octanol–water partition coefficient (Wildman–Crippen LogP) is -7.66. The van der Waals surface area contributed by atoms with E-state index in [9.17, 15) is 0 Å². The van der Waals surface area contributed by atoms with Crippen molar-refractivity contribution in [1.29, 1.82) is 0 Å². The Hall–Kier alpha value is -4.59. The molecule has 0 atom stereocenters. The summed E-state index contributed by atoms with van der Waals surface area (Å²) in [7, 11) is 0. The van der Waals surface area contributed by atoms with Crippen molar-refractivity contribution in [2.24, 2.45) is 0 Å². The smallest absolute Gasteiger partial charge is 1.00 e. The number of hydrogen-bond donors (Lipinski definition) is 6. The van der Waals surface area contributed by atoms with Gasteiger partial charge in [0.05, 0.1) is 38.0 Å². The average Bonchev–Trinajstić information content (AvgIpc) is 3.69. The van der Waals surface area contributed by atoms with Crippen molar-refractivity contribution in [2.75, 3.05) is 0 Å². The van der Waals surface area contributed by atoms with Crippen LogP contribution in [0, 0.1) is 0 Å². The van der Waals surface area contributed by atoms with Gasteiger partial charge in [0.25, 0.3) is 0 Å². The molecular formula is C18H34F2N12NiO5. The van der Waals surface area contributed by atoms with Gasteiger partial charge in [0.1, 0.15) is 0 Å². The molecule has 0 fully saturated rings. The average molecular weight is 595 g/mol. The summed E-state index contributed by atoms with van der Waals surface area (Å²) in [6.07, 6.45) is 30.5. The van der Waals surface area contributed by atoms with Crippen molar-refractivity contribution in [3.63, 3.8) is 0 Å². The maximum absolute atomic E-state index is 3.67. The fraction of sp³-hybridized carbons (Fsp3) is 0. The molecule has 0 aliphatic carbocycles. The number of halogens is 2. The predicted molar refractivity (Wildman–Crippen MR) is 130 cm³/mol. The molecule has 16 N–H and O–H groups in total. The summed E-state index contributed by atoms with van der Waals surface area (Å²) in [5, 5.41) is 0. The monoisotopic (exact) mass is 594 g/mol. The fourth-order valence-corrected chi connectivity index (χ4v) is 1.29. The first-order valence-electron chi connectivity index (χ1n) is 8.56. The van der Waals surface area contributed by atoms with Crippen LogP contribution in [0.1, 0.15) is 0 Å². The minimum atomic E-state index is 0. The van der Waals surface area contributed by atoms with Crippen molar-refractivity contribution in [3.05, 3.63) is 112 Å². The SMILES string of the molecule is O.O.O.O.O.[F-].[F-].[Ni+2].c1c[nH]cn1.c1c[nH]cn1.c1c[nH]cn1.c1c[nH]cn1.c1c[nH]cn1.c1c[nH]cn1. The summed E-state index contributed by atoms with van der Waals surface area (Å²) in [6.45, 7) is 0. The number of nitrogens with zero attached hydrogens (tertiary/aromatic N) is 6. The molecule has 0 aliphatic rings. The minimum Gasteiger partial charge on any atom is -1.00 e. The van der Waals surface area contributed by atoms with Gasteiger partial charge in [-0.05, 0) is 0 Å². The maximum Gasteiger partial charge on any atom is 2.00 e. The normalized spacial score (nSPS) is 6.32. The van der Waals surface area contributed by atoms with Gasteiger partial charge in [0, 0.05) is 74.4 Å². The molecule has 17 nitrogen and oxygen atoms in total. The van der Waals surface area contributed by atoms with E-state index in [-0.39, 0.29) is 53.3 Å². The Labute approximate surface area is 225 Å². The van der Waals surface area contributed by atoms with E-state index < -0.39 is 0 Å². The summed E-state index contributed by atoms with van der Waals surface area (Å²) in [5.41, 5.74) is 0. The molecule has 0 unspecified atom stereocenters. The first-order chi connectivity index (χ1) is 15.0. The topological polar surface area (TPSA) is 330 Å². The summed E-state index contributed by atoms with van der Waals surface area (Å²) in [6, 6.07) is 0. The second-order valence-corrected chi connectivity index (χ2v) is 4.56. The van der Waals surface area contributed by atoms with E-state index >= 15 is 0 Å². The second kappa shape index (κ2) is 49.5. The third-order valence-corrected chi connectivity index (χ3v) is 2.44. The Morgan fingerprint density at radius 3 is 0.447 bits per heavy atom.